The highest BCUT2D eigenvalue weighted by Crippen LogP contribution is 2.33. The molecule has 1 N–H and O–H groups in total. The van der Waals surface area contributed by atoms with E-state index in [1.807, 2.05) is 0 Å². The first-order valence-electron chi connectivity index (χ1n) is 5.59. The van der Waals surface area contributed by atoms with Crippen LogP contribution in [0.4, 0.5) is 0 Å². The van der Waals surface area contributed by atoms with E-state index in [9.17, 15) is 5.11 Å². The van der Waals surface area contributed by atoms with Crippen LogP contribution in [0, 0.1) is 5.92 Å². The molecule has 1 aliphatic carbocycles. The molecule has 0 aromatic rings. The molecule has 2 unspecified atom stereocenters. The second-order valence-electron chi connectivity index (χ2n) is 4.36. The Balaban J connectivity index is 2.48. The molecular formula is C12H22O. The topological polar surface area (TPSA) is 20.2 Å². The molecule has 1 rings (SSSR count). The molecule has 0 fully saturated rings. The molecule has 76 valence electrons. The van der Waals surface area contributed by atoms with Gasteiger partial charge in [-0.05, 0) is 31.6 Å². The lowest BCUT2D eigenvalue weighted by Gasteiger charge is -2.33. The molecule has 13 heavy (non-hydrogen) atoms. The lowest BCUT2D eigenvalue weighted by atomic mass is 9.78. The SMILES string of the molecule is CCCC1C=CCC(O)(CCC)C1. The van der Waals surface area contributed by atoms with Gasteiger partial charge < -0.3 is 5.11 Å². The fourth-order valence-corrected chi connectivity index (χ4v) is 2.36. The average molecular weight is 182 g/mol. The van der Waals surface area contributed by atoms with Gasteiger partial charge in [-0.25, -0.2) is 0 Å². The second kappa shape index (κ2) is 4.80. The maximum absolute atomic E-state index is 10.2. The molecule has 1 nitrogen and oxygen atoms in total. The van der Waals surface area contributed by atoms with Crippen molar-refractivity contribution in [3.8, 4) is 0 Å². The fraction of sp³-hybridized carbons (Fsp3) is 0.833. The predicted molar refractivity (Wildman–Crippen MR) is 56.6 cm³/mol. The minimum Gasteiger partial charge on any atom is -0.390 e. The number of aliphatic hydroxyl groups is 1. The van der Waals surface area contributed by atoms with Crippen molar-refractivity contribution in [2.24, 2.45) is 5.92 Å². The lowest BCUT2D eigenvalue weighted by Crippen LogP contribution is -2.32. The Hall–Kier alpha value is -0.300. The highest BCUT2D eigenvalue weighted by molar-refractivity contribution is 5.02. The molecular weight excluding hydrogens is 160 g/mol. The van der Waals surface area contributed by atoms with Gasteiger partial charge in [0.2, 0.25) is 0 Å². The van der Waals surface area contributed by atoms with Gasteiger partial charge in [-0.15, -0.1) is 0 Å². The Bertz CT molecular complexity index is 174. The van der Waals surface area contributed by atoms with Gasteiger partial charge in [0.25, 0.3) is 0 Å². The first-order valence-corrected chi connectivity index (χ1v) is 5.59. The molecule has 1 aliphatic rings. The zero-order chi connectivity index (χ0) is 9.73. The standard InChI is InChI=1S/C12H22O/c1-3-6-11-7-5-9-12(13,10-11)8-4-2/h5,7,11,13H,3-4,6,8-10H2,1-2H3. The van der Waals surface area contributed by atoms with E-state index in [4.69, 9.17) is 0 Å². The summed E-state index contributed by atoms with van der Waals surface area (Å²) in [6, 6.07) is 0. The van der Waals surface area contributed by atoms with Crippen molar-refractivity contribution in [2.45, 2.75) is 58.0 Å². The van der Waals surface area contributed by atoms with Crippen molar-refractivity contribution in [1.82, 2.24) is 0 Å². The Morgan fingerprint density at radius 3 is 2.77 bits per heavy atom. The van der Waals surface area contributed by atoms with E-state index < -0.39 is 0 Å². The fourth-order valence-electron chi connectivity index (χ4n) is 2.36. The van der Waals surface area contributed by atoms with Crippen molar-refractivity contribution < 1.29 is 5.11 Å². The maximum Gasteiger partial charge on any atom is 0.0687 e. The van der Waals surface area contributed by atoms with E-state index in [0.29, 0.717) is 5.92 Å². The van der Waals surface area contributed by atoms with Crippen LogP contribution < -0.4 is 0 Å². The quantitative estimate of drug-likeness (QED) is 0.661. The molecule has 0 heterocycles. The van der Waals surface area contributed by atoms with Crippen LogP contribution in [0.25, 0.3) is 0 Å². The summed E-state index contributed by atoms with van der Waals surface area (Å²) in [5, 5.41) is 10.2. The smallest absolute Gasteiger partial charge is 0.0687 e. The molecule has 0 amide bonds. The van der Waals surface area contributed by atoms with E-state index in [2.05, 4.69) is 26.0 Å². The molecule has 0 saturated carbocycles. The van der Waals surface area contributed by atoms with Gasteiger partial charge in [0.15, 0.2) is 0 Å². The van der Waals surface area contributed by atoms with Crippen molar-refractivity contribution in [1.29, 1.82) is 0 Å². The largest absolute Gasteiger partial charge is 0.390 e. The van der Waals surface area contributed by atoms with E-state index in [-0.39, 0.29) is 5.60 Å². The van der Waals surface area contributed by atoms with Crippen molar-refractivity contribution in [3.63, 3.8) is 0 Å². The Labute approximate surface area is 81.9 Å². The van der Waals surface area contributed by atoms with Gasteiger partial charge in [-0.3, -0.25) is 0 Å². The molecule has 2 atom stereocenters. The van der Waals surface area contributed by atoms with Crippen LogP contribution in [-0.4, -0.2) is 10.7 Å². The first-order chi connectivity index (χ1) is 6.20. The predicted octanol–water partition coefficient (Wildman–Crippen LogP) is 3.28. The minimum absolute atomic E-state index is 0.386. The van der Waals surface area contributed by atoms with Gasteiger partial charge in [-0.2, -0.15) is 0 Å². The van der Waals surface area contributed by atoms with Gasteiger partial charge in [0, 0.05) is 0 Å². The van der Waals surface area contributed by atoms with Gasteiger partial charge in [-0.1, -0.05) is 38.8 Å². The number of hydrogen-bond acceptors (Lipinski definition) is 1. The average Bonchev–Trinajstić information content (AvgIpc) is 2.04. The lowest BCUT2D eigenvalue weighted by molar-refractivity contribution is 0.00840. The molecule has 0 aromatic heterocycles. The highest BCUT2D eigenvalue weighted by Gasteiger charge is 2.29. The van der Waals surface area contributed by atoms with Crippen LogP contribution in [-0.2, 0) is 0 Å². The zero-order valence-electron chi connectivity index (χ0n) is 8.92. The summed E-state index contributed by atoms with van der Waals surface area (Å²) in [5.41, 5.74) is -0.386. The molecule has 0 saturated heterocycles. The monoisotopic (exact) mass is 182 g/mol. The summed E-state index contributed by atoms with van der Waals surface area (Å²) >= 11 is 0. The van der Waals surface area contributed by atoms with E-state index >= 15 is 0 Å². The molecule has 0 aliphatic heterocycles. The molecule has 0 aromatic carbocycles. The summed E-state index contributed by atoms with van der Waals surface area (Å²) in [4.78, 5) is 0. The van der Waals surface area contributed by atoms with Crippen LogP contribution in [0.2, 0.25) is 0 Å². The van der Waals surface area contributed by atoms with Gasteiger partial charge >= 0.3 is 0 Å². The van der Waals surface area contributed by atoms with Gasteiger partial charge in [0.1, 0.15) is 0 Å². The van der Waals surface area contributed by atoms with Crippen LogP contribution in [0.3, 0.4) is 0 Å². The van der Waals surface area contributed by atoms with Crippen LogP contribution >= 0.6 is 0 Å². The third-order valence-electron chi connectivity index (χ3n) is 2.92. The minimum atomic E-state index is -0.386. The van der Waals surface area contributed by atoms with E-state index in [1.54, 1.807) is 0 Å². The normalized spacial score (nSPS) is 33.6. The molecule has 0 spiro atoms. The maximum atomic E-state index is 10.2. The van der Waals surface area contributed by atoms with Crippen LogP contribution in [0.5, 0.6) is 0 Å². The highest BCUT2D eigenvalue weighted by atomic mass is 16.3. The number of hydrogen-bond donors (Lipinski definition) is 1. The Morgan fingerprint density at radius 1 is 1.38 bits per heavy atom. The van der Waals surface area contributed by atoms with E-state index in [1.165, 1.54) is 12.8 Å². The third kappa shape index (κ3) is 3.15. The number of rotatable bonds is 4. The van der Waals surface area contributed by atoms with Crippen molar-refractivity contribution in [3.05, 3.63) is 12.2 Å². The van der Waals surface area contributed by atoms with Crippen LogP contribution in [0.15, 0.2) is 12.2 Å². The van der Waals surface area contributed by atoms with E-state index in [0.717, 1.165) is 25.7 Å². The Kier molecular flexibility index (Phi) is 3.98. The molecule has 0 bridgehead atoms. The van der Waals surface area contributed by atoms with Crippen LogP contribution in [0.1, 0.15) is 52.4 Å². The van der Waals surface area contributed by atoms with Gasteiger partial charge in [0.05, 0.1) is 5.60 Å². The summed E-state index contributed by atoms with van der Waals surface area (Å²) in [6.45, 7) is 4.35. The molecule has 0 radical (unpaired) electrons. The summed E-state index contributed by atoms with van der Waals surface area (Å²) in [7, 11) is 0. The zero-order valence-corrected chi connectivity index (χ0v) is 8.92. The second-order valence-corrected chi connectivity index (χ2v) is 4.36. The number of allylic oxidation sites excluding steroid dienone is 1. The summed E-state index contributed by atoms with van der Waals surface area (Å²) in [6.07, 6.45) is 10.8. The summed E-state index contributed by atoms with van der Waals surface area (Å²) < 4.78 is 0. The Morgan fingerprint density at radius 2 is 2.15 bits per heavy atom. The molecule has 1 heteroatoms. The van der Waals surface area contributed by atoms with Crippen molar-refractivity contribution >= 4 is 0 Å². The summed E-state index contributed by atoms with van der Waals surface area (Å²) in [5.74, 6) is 0.621. The third-order valence-corrected chi connectivity index (χ3v) is 2.92. The first kappa shape index (κ1) is 10.8. The van der Waals surface area contributed by atoms with Crippen molar-refractivity contribution in [2.75, 3.05) is 0 Å².